The van der Waals surface area contributed by atoms with Crippen LogP contribution in [0.25, 0.3) is 0 Å². The van der Waals surface area contributed by atoms with Gasteiger partial charge in [0.2, 0.25) is 11.8 Å². The van der Waals surface area contributed by atoms with E-state index in [4.69, 9.17) is 0 Å². The number of piperidine rings is 1. The first-order chi connectivity index (χ1) is 10.1. The molecule has 0 aromatic carbocycles. The Kier molecular flexibility index (Phi) is 5.99. The molecular weight excluding hydrogens is 268 g/mol. The fraction of sp³-hybridized carbons (Fsp3) is 0.867. The quantitative estimate of drug-likeness (QED) is 0.737. The Balaban J connectivity index is 1.79. The maximum atomic E-state index is 12.4. The molecule has 2 saturated heterocycles. The first kappa shape index (κ1) is 16.2. The summed E-state index contributed by atoms with van der Waals surface area (Å²) in [5.41, 5.74) is 0. The topological polar surface area (TPSA) is 64.7 Å². The summed E-state index contributed by atoms with van der Waals surface area (Å²) in [6.45, 7) is 3.56. The van der Waals surface area contributed by atoms with Gasteiger partial charge in [-0.25, -0.2) is 0 Å². The van der Waals surface area contributed by atoms with Gasteiger partial charge in [0.05, 0.1) is 6.04 Å². The van der Waals surface area contributed by atoms with Crippen molar-refractivity contribution in [3.63, 3.8) is 0 Å². The second-order valence-corrected chi connectivity index (χ2v) is 6.21. The minimum Gasteiger partial charge on any atom is -0.354 e. The van der Waals surface area contributed by atoms with Gasteiger partial charge in [0.15, 0.2) is 0 Å². The van der Waals surface area contributed by atoms with Gasteiger partial charge in [0.25, 0.3) is 0 Å². The summed E-state index contributed by atoms with van der Waals surface area (Å²) in [6, 6.07) is 0.537. The number of carbonyl (C=O) groups is 2. The highest BCUT2D eigenvalue weighted by molar-refractivity contribution is 5.83. The van der Waals surface area contributed by atoms with E-state index in [2.05, 4.69) is 15.5 Å². The van der Waals surface area contributed by atoms with Gasteiger partial charge in [-0.1, -0.05) is 0 Å². The predicted molar refractivity (Wildman–Crippen MR) is 81.9 cm³/mol. The lowest BCUT2D eigenvalue weighted by molar-refractivity contribution is -0.129. The number of carbonyl (C=O) groups excluding carboxylic acids is 2. The molecule has 1 unspecified atom stereocenters. The van der Waals surface area contributed by atoms with Crippen LogP contribution in [0.2, 0.25) is 0 Å². The molecule has 0 saturated carbocycles. The monoisotopic (exact) mass is 296 g/mol. The maximum Gasteiger partial charge on any atom is 0.237 e. The van der Waals surface area contributed by atoms with Crippen molar-refractivity contribution < 1.29 is 9.59 Å². The molecule has 0 aromatic heterocycles. The third kappa shape index (κ3) is 4.41. The Morgan fingerprint density at radius 3 is 2.62 bits per heavy atom. The van der Waals surface area contributed by atoms with Crippen molar-refractivity contribution in [1.82, 2.24) is 20.4 Å². The number of hydrogen-bond acceptors (Lipinski definition) is 4. The maximum absolute atomic E-state index is 12.4. The Labute approximate surface area is 127 Å². The molecule has 2 aliphatic heterocycles. The van der Waals surface area contributed by atoms with Crippen LogP contribution in [0.4, 0.5) is 0 Å². The largest absolute Gasteiger partial charge is 0.354 e. The van der Waals surface area contributed by atoms with Crippen LogP contribution in [0, 0.1) is 0 Å². The van der Waals surface area contributed by atoms with Gasteiger partial charge in [0.1, 0.15) is 0 Å². The summed E-state index contributed by atoms with van der Waals surface area (Å²) in [5, 5.41) is 6.31. The zero-order chi connectivity index (χ0) is 15.2. The minimum atomic E-state index is 0.00237. The molecule has 0 spiro atoms. The Morgan fingerprint density at radius 2 is 1.95 bits per heavy atom. The van der Waals surface area contributed by atoms with Gasteiger partial charge in [-0.3, -0.25) is 14.5 Å². The van der Waals surface area contributed by atoms with E-state index in [-0.39, 0.29) is 17.9 Å². The fourth-order valence-corrected chi connectivity index (χ4v) is 3.28. The molecule has 2 fully saturated rings. The van der Waals surface area contributed by atoms with Gasteiger partial charge in [-0.2, -0.15) is 0 Å². The summed E-state index contributed by atoms with van der Waals surface area (Å²) < 4.78 is 0. The zero-order valence-electron chi connectivity index (χ0n) is 13.2. The third-order valence-corrected chi connectivity index (χ3v) is 4.51. The van der Waals surface area contributed by atoms with Crippen LogP contribution in [-0.2, 0) is 9.59 Å². The van der Waals surface area contributed by atoms with E-state index in [1.54, 1.807) is 19.0 Å². The molecule has 2 aliphatic rings. The van der Waals surface area contributed by atoms with Gasteiger partial charge in [-0.05, 0) is 45.3 Å². The summed E-state index contributed by atoms with van der Waals surface area (Å²) >= 11 is 0. The predicted octanol–water partition coefficient (Wildman–Crippen LogP) is -0.203. The number of rotatable bonds is 5. The van der Waals surface area contributed by atoms with E-state index < -0.39 is 0 Å². The average molecular weight is 296 g/mol. The average Bonchev–Trinajstić information content (AvgIpc) is 2.97. The molecule has 0 aromatic rings. The van der Waals surface area contributed by atoms with Crippen molar-refractivity contribution in [2.45, 2.75) is 44.2 Å². The molecule has 0 bridgehead atoms. The summed E-state index contributed by atoms with van der Waals surface area (Å²) in [5.74, 6) is 0.148. The molecule has 0 radical (unpaired) electrons. The highest BCUT2D eigenvalue weighted by Gasteiger charge is 2.35. The molecule has 6 nitrogen and oxygen atoms in total. The Bertz CT molecular complexity index is 367. The second-order valence-electron chi connectivity index (χ2n) is 6.21. The third-order valence-electron chi connectivity index (χ3n) is 4.51. The lowest BCUT2D eigenvalue weighted by atomic mass is 10.0. The van der Waals surface area contributed by atoms with Crippen molar-refractivity contribution in [2.75, 3.05) is 40.3 Å². The molecule has 2 heterocycles. The van der Waals surface area contributed by atoms with E-state index in [1.807, 2.05) is 0 Å². The SMILES string of the molecule is CN(C)C(=O)CCNC(=O)C1CCCN1C1CCNCC1. The highest BCUT2D eigenvalue weighted by atomic mass is 16.2. The Morgan fingerprint density at radius 1 is 1.24 bits per heavy atom. The fourth-order valence-electron chi connectivity index (χ4n) is 3.28. The number of amides is 2. The van der Waals surface area contributed by atoms with Gasteiger partial charge >= 0.3 is 0 Å². The lowest BCUT2D eigenvalue weighted by Gasteiger charge is -2.35. The number of nitrogens with zero attached hydrogens (tertiary/aromatic N) is 2. The van der Waals surface area contributed by atoms with E-state index in [0.717, 1.165) is 45.3 Å². The van der Waals surface area contributed by atoms with Crippen LogP contribution in [0.3, 0.4) is 0 Å². The van der Waals surface area contributed by atoms with Crippen LogP contribution in [0.15, 0.2) is 0 Å². The van der Waals surface area contributed by atoms with Gasteiger partial charge < -0.3 is 15.5 Å². The van der Waals surface area contributed by atoms with Crippen molar-refractivity contribution in [2.24, 2.45) is 0 Å². The molecule has 2 rings (SSSR count). The molecule has 1 atom stereocenters. The highest BCUT2D eigenvalue weighted by Crippen LogP contribution is 2.24. The first-order valence-electron chi connectivity index (χ1n) is 8.04. The number of hydrogen-bond donors (Lipinski definition) is 2. The molecule has 21 heavy (non-hydrogen) atoms. The normalized spacial score (nSPS) is 24.0. The van der Waals surface area contributed by atoms with Crippen LogP contribution < -0.4 is 10.6 Å². The smallest absolute Gasteiger partial charge is 0.237 e. The zero-order valence-corrected chi connectivity index (χ0v) is 13.2. The molecule has 120 valence electrons. The van der Waals surface area contributed by atoms with Crippen LogP contribution >= 0.6 is 0 Å². The Hall–Kier alpha value is -1.14. The molecular formula is C15H28N4O2. The standard InChI is InChI=1S/C15H28N4O2/c1-18(2)14(20)7-10-17-15(21)13-4-3-11-19(13)12-5-8-16-9-6-12/h12-13,16H,3-11H2,1-2H3,(H,17,21). The van der Waals surface area contributed by atoms with Crippen LogP contribution in [0.5, 0.6) is 0 Å². The molecule has 2 amide bonds. The van der Waals surface area contributed by atoms with Crippen molar-refractivity contribution in [1.29, 1.82) is 0 Å². The van der Waals surface area contributed by atoms with Gasteiger partial charge in [0, 0.05) is 33.1 Å². The van der Waals surface area contributed by atoms with E-state index in [0.29, 0.717) is 19.0 Å². The molecule has 0 aliphatic carbocycles. The van der Waals surface area contributed by atoms with Crippen molar-refractivity contribution >= 4 is 11.8 Å². The first-order valence-corrected chi connectivity index (χ1v) is 8.04. The summed E-state index contributed by atoms with van der Waals surface area (Å²) in [7, 11) is 3.47. The van der Waals surface area contributed by atoms with E-state index >= 15 is 0 Å². The second kappa shape index (κ2) is 7.75. The number of nitrogens with one attached hydrogen (secondary N) is 2. The molecule has 2 N–H and O–H groups in total. The van der Waals surface area contributed by atoms with Gasteiger partial charge in [-0.15, -0.1) is 0 Å². The van der Waals surface area contributed by atoms with Crippen molar-refractivity contribution in [3.8, 4) is 0 Å². The lowest BCUT2D eigenvalue weighted by Crippen LogP contribution is -2.51. The summed E-state index contributed by atoms with van der Waals surface area (Å²) in [4.78, 5) is 27.8. The number of likely N-dealkylation sites (tertiary alicyclic amines) is 1. The van der Waals surface area contributed by atoms with E-state index in [9.17, 15) is 9.59 Å². The van der Waals surface area contributed by atoms with Crippen LogP contribution in [-0.4, -0.2) is 74.0 Å². The van der Waals surface area contributed by atoms with Crippen LogP contribution in [0.1, 0.15) is 32.1 Å². The molecule has 6 heteroatoms. The minimum absolute atomic E-state index is 0.00237. The van der Waals surface area contributed by atoms with Crippen molar-refractivity contribution in [3.05, 3.63) is 0 Å². The van der Waals surface area contributed by atoms with E-state index in [1.165, 1.54) is 0 Å². The summed E-state index contributed by atoms with van der Waals surface area (Å²) in [6.07, 6.45) is 4.67.